The Hall–Kier alpha value is -4.92. The summed E-state index contributed by atoms with van der Waals surface area (Å²) in [4.78, 5) is 51.5. The second kappa shape index (κ2) is 16.2. The number of carbonyl (C=O) groups excluding carboxylic acids is 3. The minimum absolute atomic E-state index is 0.107. The fourth-order valence-corrected chi connectivity index (χ4v) is 5.99. The summed E-state index contributed by atoms with van der Waals surface area (Å²) in [6.45, 7) is 7.59. The van der Waals surface area contributed by atoms with Crippen LogP contribution in [-0.4, -0.2) is 77.5 Å². The van der Waals surface area contributed by atoms with Crippen molar-refractivity contribution in [3.05, 3.63) is 83.1 Å². The van der Waals surface area contributed by atoms with E-state index < -0.39 is 58.1 Å². The molecule has 4 aromatic rings. The lowest BCUT2D eigenvalue weighted by atomic mass is 9.85. The summed E-state index contributed by atoms with van der Waals surface area (Å²) in [7, 11) is 3.07. The van der Waals surface area contributed by atoms with Gasteiger partial charge in [0.05, 0.1) is 42.8 Å². The van der Waals surface area contributed by atoms with Gasteiger partial charge in [-0.3, -0.25) is 14.4 Å². The lowest BCUT2D eigenvalue weighted by molar-refractivity contribution is -0.143. The fourth-order valence-electron chi connectivity index (χ4n) is 5.83. The number of likely N-dealkylation sites (tertiary alicyclic amines) is 1. The van der Waals surface area contributed by atoms with Crippen LogP contribution in [0.1, 0.15) is 39.7 Å². The van der Waals surface area contributed by atoms with Crippen molar-refractivity contribution < 1.29 is 32.6 Å². The van der Waals surface area contributed by atoms with Crippen LogP contribution in [0.15, 0.2) is 60.9 Å². The molecule has 15 heteroatoms. The van der Waals surface area contributed by atoms with Gasteiger partial charge in [-0.25, -0.2) is 18.7 Å². The standard InChI is InChI=1S/C37H42ClF2N7O5/c1-20(41-5)34(48)46-32(37(2,3)4)36(50)47-17-22(52-18-21-10-8-7-9-11-21)14-28(47)35(49)45-27-15-23-26(16-29(27)51-6)42-19-43-33(23)44-25-13-12-24(39)30(38)31(25)40/h7-13,15-16,19-20,22,28,32,41H,14,17-18H2,1-6H3,(H,45,49)(H,46,48)(H,42,43,44)/t20-,22-,28-,32+/m0/s1. The van der Waals surface area contributed by atoms with Crippen molar-refractivity contribution in [2.24, 2.45) is 5.41 Å². The maximum absolute atomic E-state index is 14.8. The molecule has 0 unspecified atom stereocenters. The second-order valence-electron chi connectivity index (χ2n) is 13.6. The quantitative estimate of drug-likeness (QED) is 0.137. The van der Waals surface area contributed by atoms with Gasteiger partial charge < -0.3 is 35.6 Å². The Bertz CT molecular complexity index is 1950. The first-order valence-corrected chi connectivity index (χ1v) is 17.1. The van der Waals surface area contributed by atoms with Gasteiger partial charge in [0.2, 0.25) is 17.7 Å². The lowest BCUT2D eigenvalue weighted by Gasteiger charge is -2.36. The third-order valence-electron chi connectivity index (χ3n) is 8.91. The molecule has 5 rings (SSSR count). The van der Waals surface area contributed by atoms with Crippen LogP contribution in [0.5, 0.6) is 5.75 Å². The number of likely N-dealkylation sites (N-methyl/N-ethyl adjacent to an activating group) is 1. The van der Waals surface area contributed by atoms with E-state index in [1.54, 1.807) is 26.1 Å². The minimum atomic E-state index is -1.00. The fraction of sp³-hybridized carbons (Fsp3) is 0.378. The molecule has 0 aliphatic carbocycles. The summed E-state index contributed by atoms with van der Waals surface area (Å²) in [5, 5.41) is 11.2. The zero-order valence-corrected chi connectivity index (χ0v) is 30.5. The molecule has 1 fully saturated rings. The molecule has 1 saturated heterocycles. The monoisotopic (exact) mass is 737 g/mol. The molecule has 276 valence electrons. The Morgan fingerprint density at radius 2 is 1.79 bits per heavy atom. The molecule has 2 heterocycles. The lowest BCUT2D eigenvalue weighted by Crippen LogP contribution is -2.59. The predicted molar refractivity (Wildman–Crippen MR) is 194 cm³/mol. The van der Waals surface area contributed by atoms with E-state index >= 15 is 0 Å². The summed E-state index contributed by atoms with van der Waals surface area (Å²) in [6, 6.07) is 12.4. The zero-order valence-electron chi connectivity index (χ0n) is 29.7. The molecular formula is C37H42ClF2N7O5. The van der Waals surface area contributed by atoms with E-state index in [-0.39, 0.29) is 48.4 Å². The molecule has 1 aromatic heterocycles. The average molecular weight is 738 g/mol. The van der Waals surface area contributed by atoms with Crippen LogP contribution >= 0.6 is 11.6 Å². The summed E-state index contributed by atoms with van der Waals surface area (Å²) in [5.41, 5.74) is 0.722. The molecule has 1 aliphatic rings. The van der Waals surface area contributed by atoms with Gasteiger partial charge in [0, 0.05) is 24.4 Å². The third-order valence-corrected chi connectivity index (χ3v) is 9.25. The molecule has 0 spiro atoms. The van der Waals surface area contributed by atoms with E-state index in [9.17, 15) is 23.2 Å². The first-order valence-electron chi connectivity index (χ1n) is 16.7. The SMILES string of the molecule is CN[C@@H](C)C(=O)N[C@H](C(=O)N1C[C@@H](OCc2ccccc2)C[C@H]1C(=O)Nc1cc2c(Nc3ccc(F)c(Cl)c3F)ncnc2cc1OC)C(C)(C)C. The van der Waals surface area contributed by atoms with E-state index in [1.807, 2.05) is 51.1 Å². The number of amides is 3. The molecule has 1 aliphatic heterocycles. The van der Waals surface area contributed by atoms with E-state index in [2.05, 4.69) is 31.2 Å². The predicted octanol–water partition coefficient (Wildman–Crippen LogP) is 5.58. The highest BCUT2D eigenvalue weighted by atomic mass is 35.5. The molecule has 52 heavy (non-hydrogen) atoms. The number of nitrogens with one attached hydrogen (secondary N) is 4. The van der Waals surface area contributed by atoms with Crippen molar-refractivity contribution in [2.75, 3.05) is 31.3 Å². The van der Waals surface area contributed by atoms with Gasteiger partial charge in [-0.1, -0.05) is 62.7 Å². The number of rotatable bonds is 12. The van der Waals surface area contributed by atoms with Crippen LogP contribution in [0.25, 0.3) is 10.9 Å². The number of anilines is 3. The third kappa shape index (κ3) is 8.57. The van der Waals surface area contributed by atoms with E-state index in [0.29, 0.717) is 10.9 Å². The maximum atomic E-state index is 14.8. The van der Waals surface area contributed by atoms with Crippen molar-refractivity contribution in [3.63, 3.8) is 0 Å². The molecule has 4 atom stereocenters. The highest BCUT2D eigenvalue weighted by Gasteiger charge is 2.45. The molecule has 12 nitrogen and oxygen atoms in total. The van der Waals surface area contributed by atoms with Crippen LogP contribution in [0.3, 0.4) is 0 Å². The Morgan fingerprint density at radius 1 is 1.06 bits per heavy atom. The molecular weight excluding hydrogens is 696 g/mol. The van der Waals surface area contributed by atoms with E-state index in [4.69, 9.17) is 21.1 Å². The number of hydrogen-bond acceptors (Lipinski definition) is 9. The Kier molecular flexibility index (Phi) is 11.9. The van der Waals surface area contributed by atoms with Gasteiger partial charge in [-0.15, -0.1) is 0 Å². The maximum Gasteiger partial charge on any atom is 0.247 e. The van der Waals surface area contributed by atoms with Gasteiger partial charge in [-0.2, -0.15) is 0 Å². The van der Waals surface area contributed by atoms with Crippen LogP contribution in [0, 0.1) is 17.0 Å². The normalized spacial score (nSPS) is 17.1. The Balaban J connectivity index is 1.46. The van der Waals surface area contributed by atoms with Crippen molar-refractivity contribution >= 4 is 57.4 Å². The summed E-state index contributed by atoms with van der Waals surface area (Å²) in [6.07, 6.45) is 0.941. The highest BCUT2D eigenvalue weighted by Crippen LogP contribution is 2.36. The average Bonchev–Trinajstić information content (AvgIpc) is 3.57. The number of hydrogen-bond donors (Lipinski definition) is 4. The number of carbonyl (C=O) groups is 3. The second-order valence-corrected chi connectivity index (χ2v) is 14.0. The largest absolute Gasteiger partial charge is 0.494 e. The molecule has 0 saturated carbocycles. The molecule has 0 radical (unpaired) electrons. The zero-order chi connectivity index (χ0) is 37.7. The van der Waals surface area contributed by atoms with Crippen molar-refractivity contribution in [1.29, 1.82) is 0 Å². The highest BCUT2D eigenvalue weighted by molar-refractivity contribution is 6.31. The summed E-state index contributed by atoms with van der Waals surface area (Å²) >= 11 is 5.79. The van der Waals surface area contributed by atoms with Crippen LogP contribution < -0.4 is 26.0 Å². The molecule has 4 N–H and O–H groups in total. The number of aromatic nitrogens is 2. The van der Waals surface area contributed by atoms with Gasteiger partial charge in [0.25, 0.3) is 0 Å². The molecule has 0 bridgehead atoms. The summed E-state index contributed by atoms with van der Waals surface area (Å²) in [5.74, 6) is -2.82. The van der Waals surface area contributed by atoms with Crippen LogP contribution in [-0.2, 0) is 25.7 Å². The van der Waals surface area contributed by atoms with Gasteiger partial charge in [0.15, 0.2) is 5.82 Å². The number of ether oxygens (including phenoxy) is 2. The Labute approximate surface area is 305 Å². The van der Waals surface area contributed by atoms with Gasteiger partial charge >= 0.3 is 0 Å². The van der Waals surface area contributed by atoms with Gasteiger partial charge in [0.1, 0.15) is 40.8 Å². The minimum Gasteiger partial charge on any atom is -0.494 e. The van der Waals surface area contributed by atoms with E-state index in [1.165, 1.54) is 24.4 Å². The van der Waals surface area contributed by atoms with E-state index in [0.717, 1.165) is 11.6 Å². The number of halogens is 3. The van der Waals surface area contributed by atoms with Crippen LogP contribution in [0.4, 0.5) is 26.0 Å². The first-order chi connectivity index (χ1) is 24.7. The number of nitrogens with zero attached hydrogens (tertiary/aromatic N) is 3. The topological polar surface area (TPSA) is 147 Å². The Morgan fingerprint density at radius 3 is 2.46 bits per heavy atom. The summed E-state index contributed by atoms with van der Waals surface area (Å²) < 4.78 is 40.5. The number of fused-ring (bicyclic) bond motifs is 1. The van der Waals surface area contributed by atoms with Crippen LogP contribution in [0.2, 0.25) is 5.02 Å². The molecule has 3 amide bonds. The van der Waals surface area contributed by atoms with Crippen molar-refractivity contribution in [3.8, 4) is 5.75 Å². The molecule has 3 aromatic carbocycles. The smallest absolute Gasteiger partial charge is 0.247 e. The van der Waals surface area contributed by atoms with Crippen molar-refractivity contribution in [1.82, 2.24) is 25.5 Å². The number of methoxy groups -OCH3 is 1. The first kappa shape index (κ1) is 38.3. The van der Waals surface area contributed by atoms with Gasteiger partial charge in [-0.05, 0) is 43.1 Å². The number of benzene rings is 3. The van der Waals surface area contributed by atoms with Crippen molar-refractivity contribution in [2.45, 2.75) is 65.0 Å².